The van der Waals surface area contributed by atoms with Crippen molar-refractivity contribution in [1.82, 2.24) is 0 Å². The molecule has 3 atom stereocenters. The summed E-state index contributed by atoms with van der Waals surface area (Å²) in [7, 11) is 1.70. The lowest BCUT2D eigenvalue weighted by Crippen LogP contribution is -2.96. The molecule has 1 aliphatic carbocycles. The minimum atomic E-state index is -0.385. The van der Waals surface area contributed by atoms with Crippen molar-refractivity contribution in [3.8, 4) is 5.75 Å². The molecule has 0 spiro atoms. The Morgan fingerprint density at radius 1 is 1.25 bits per heavy atom. The standard InChI is InChI=1S/C17H25NO2/c1-20-14-7-5-13(6-8-14)12-16-15-4-2-3-9-17(15,19)10-11-18-16/h5-8,15-16,18-19H,2-4,9-12H2,1H3/p+1/t15-,16+,17-/m1/s1. The second kappa shape index (κ2) is 5.74. The van der Waals surface area contributed by atoms with Gasteiger partial charge >= 0.3 is 0 Å². The number of piperidine rings is 1. The van der Waals surface area contributed by atoms with Gasteiger partial charge in [-0.25, -0.2) is 0 Å². The summed E-state index contributed by atoms with van der Waals surface area (Å²) in [5.74, 6) is 1.38. The molecule has 0 unspecified atom stereocenters. The lowest BCUT2D eigenvalue weighted by atomic mass is 9.67. The van der Waals surface area contributed by atoms with E-state index in [4.69, 9.17) is 4.74 Å². The molecule has 1 aliphatic heterocycles. The van der Waals surface area contributed by atoms with Gasteiger partial charge in [-0.2, -0.15) is 0 Å². The zero-order valence-corrected chi connectivity index (χ0v) is 12.3. The summed E-state index contributed by atoms with van der Waals surface area (Å²) in [5.41, 5.74) is 0.964. The van der Waals surface area contributed by atoms with Crippen molar-refractivity contribution in [3.05, 3.63) is 29.8 Å². The van der Waals surface area contributed by atoms with Crippen molar-refractivity contribution in [3.63, 3.8) is 0 Å². The van der Waals surface area contributed by atoms with Gasteiger partial charge in [0.25, 0.3) is 0 Å². The lowest BCUT2D eigenvalue weighted by Gasteiger charge is -2.46. The number of quaternary nitrogens is 1. The smallest absolute Gasteiger partial charge is 0.118 e. The summed E-state index contributed by atoms with van der Waals surface area (Å²) < 4.78 is 5.21. The first-order valence-corrected chi connectivity index (χ1v) is 7.90. The Labute approximate surface area is 121 Å². The molecule has 0 amide bonds. The number of aliphatic hydroxyl groups is 1. The van der Waals surface area contributed by atoms with Crippen LogP contribution in [0.4, 0.5) is 0 Å². The summed E-state index contributed by atoms with van der Waals surface area (Å²) in [6, 6.07) is 8.91. The number of hydrogen-bond acceptors (Lipinski definition) is 2. The van der Waals surface area contributed by atoms with Crippen LogP contribution >= 0.6 is 0 Å². The first kappa shape index (κ1) is 13.9. The van der Waals surface area contributed by atoms with Crippen LogP contribution in [0.25, 0.3) is 0 Å². The van der Waals surface area contributed by atoms with Gasteiger partial charge in [0.1, 0.15) is 5.75 Å². The number of ether oxygens (including phenoxy) is 1. The Hall–Kier alpha value is -1.06. The van der Waals surface area contributed by atoms with Gasteiger partial charge in [0.05, 0.1) is 25.3 Å². The molecule has 1 aromatic rings. The van der Waals surface area contributed by atoms with Gasteiger partial charge in [-0.1, -0.05) is 25.0 Å². The number of nitrogens with two attached hydrogens (primary N) is 1. The highest BCUT2D eigenvalue weighted by Gasteiger charge is 2.47. The number of hydrogen-bond donors (Lipinski definition) is 2. The summed E-state index contributed by atoms with van der Waals surface area (Å²) in [6.45, 7) is 1.06. The second-order valence-electron chi connectivity index (χ2n) is 6.45. The summed E-state index contributed by atoms with van der Waals surface area (Å²) in [6.07, 6.45) is 6.69. The molecule has 1 saturated heterocycles. The van der Waals surface area contributed by atoms with Crippen LogP contribution in [0.15, 0.2) is 24.3 Å². The van der Waals surface area contributed by atoms with Crippen molar-refractivity contribution < 1.29 is 15.2 Å². The molecule has 110 valence electrons. The van der Waals surface area contributed by atoms with E-state index in [0.717, 1.165) is 31.6 Å². The summed E-state index contributed by atoms with van der Waals surface area (Å²) in [4.78, 5) is 0. The van der Waals surface area contributed by atoms with Gasteiger partial charge < -0.3 is 15.2 Å². The molecule has 3 heteroatoms. The molecule has 2 fully saturated rings. The Kier molecular flexibility index (Phi) is 3.99. The van der Waals surface area contributed by atoms with Crippen LogP contribution in [0.2, 0.25) is 0 Å². The lowest BCUT2D eigenvalue weighted by molar-refractivity contribution is -0.712. The van der Waals surface area contributed by atoms with Crippen molar-refractivity contribution >= 4 is 0 Å². The quantitative estimate of drug-likeness (QED) is 0.879. The maximum Gasteiger partial charge on any atom is 0.118 e. The molecule has 20 heavy (non-hydrogen) atoms. The maximum absolute atomic E-state index is 10.9. The van der Waals surface area contributed by atoms with Gasteiger partial charge in [0.15, 0.2) is 0 Å². The number of methoxy groups -OCH3 is 1. The van der Waals surface area contributed by atoms with Crippen LogP contribution < -0.4 is 10.1 Å². The van der Waals surface area contributed by atoms with Gasteiger partial charge in [0, 0.05) is 18.8 Å². The highest BCUT2D eigenvalue weighted by atomic mass is 16.5. The summed E-state index contributed by atoms with van der Waals surface area (Å²) >= 11 is 0. The molecule has 0 bridgehead atoms. The molecule has 3 N–H and O–H groups in total. The molecular weight excluding hydrogens is 250 g/mol. The molecule has 1 heterocycles. The SMILES string of the molecule is COc1ccc(C[C@@H]2[NH2+]CC[C@]3(O)CCCC[C@H]23)cc1. The summed E-state index contributed by atoms with van der Waals surface area (Å²) in [5, 5.41) is 13.3. The van der Waals surface area contributed by atoms with Crippen LogP contribution in [0, 0.1) is 5.92 Å². The van der Waals surface area contributed by atoms with Crippen LogP contribution in [-0.2, 0) is 6.42 Å². The average Bonchev–Trinajstić information content (AvgIpc) is 2.48. The zero-order valence-electron chi connectivity index (χ0n) is 12.3. The number of fused-ring (bicyclic) bond motifs is 1. The van der Waals surface area contributed by atoms with E-state index in [1.807, 2.05) is 12.1 Å². The van der Waals surface area contributed by atoms with Crippen LogP contribution in [0.1, 0.15) is 37.7 Å². The molecule has 0 aromatic heterocycles. The van der Waals surface area contributed by atoms with E-state index in [0.29, 0.717) is 12.0 Å². The minimum Gasteiger partial charge on any atom is -0.497 e. The van der Waals surface area contributed by atoms with Gasteiger partial charge in [-0.3, -0.25) is 0 Å². The van der Waals surface area contributed by atoms with Crippen molar-refractivity contribution in [2.75, 3.05) is 13.7 Å². The van der Waals surface area contributed by atoms with Crippen molar-refractivity contribution in [2.45, 2.75) is 50.2 Å². The minimum absolute atomic E-state index is 0.385. The van der Waals surface area contributed by atoms with E-state index in [2.05, 4.69) is 17.4 Å². The molecule has 1 aromatic carbocycles. The van der Waals surface area contributed by atoms with Crippen LogP contribution in [0.5, 0.6) is 5.75 Å². The number of rotatable bonds is 3. The largest absolute Gasteiger partial charge is 0.497 e. The first-order chi connectivity index (χ1) is 9.71. The van der Waals surface area contributed by atoms with Crippen LogP contribution in [-0.4, -0.2) is 30.4 Å². The third-order valence-electron chi connectivity index (χ3n) is 5.26. The van der Waals surface area contributed by atoms with Gasteiger partial charge in [0.2, 0.25) is 0 Å². The van der Waals surface area contributed by atoms with Crippen molar-refractivity contribution in [1.29, 1.82) is 0 Å². The second-order valence-corrected chi connectivity index (χ2v) is 6.45. The van der Waals surface area contributed by atoms with Gasteiger partial charge in [-0.05, 0) is 30.5 Å². The molecule has 3 nitrogen and oxygen atoms in total. The Bertz CT molecular complexity index is 441. The fraction of sp³-hybridized carbons (Fsp3) is 0.647. The predicted octanol–water partition coefficient (Wildman–Crippen LogP) is 1.49. The van der Waals surface area contributed by atoms with Gasteiger partial charge in [-0.15, -0.1) is 0 Å². The Morgan fingerprint density at radius 3 is 2.80 bits per heavy atom. The molecular formula is C17H26NO2+. The van der Waals surface area contributed by atoms with E-state index in [-0.39, 0.29) is 5.60 Å². The van der Waals surface area contributed by atoms with E-state index in [1.54, 1.807) is 7.11 Å². The van der Waals surface area contributed by atoms with E-state index in [9.17, 15) is 5.11 Å². The molecule has 2 aliphatic rings. The van der Waals surface area contributed by atoms with E-state index in [1.165, 1.54) is 24.8 Å². The molecule has 1 saturated carbocycles. The first-order valence-electron chi connectivity index (χ1n) is 7.90. The van der Waals surface area contributed by atoms with Crippen molar-refractivity contribution in [2.24, 2.45) is 5.92 Å². The maximum atomic E-state index is 10.9. The monoisotopic (exact) mass is 276 g/mol. The van der Waals surface area contributed by atoms with E-state index >= 15 is 0 Å². The average molecular weight is 276 g/mol. The topological polar surface area (TPSA) is 46.1 Å². The van der Waals surface area contributed by atoms with Crippen LogP contribution in [0.3, 0.4) is 0 Å². The predicted molar refractivity (Wildman–Crippen MR) is 78.8 cm³/mol. The number of benzene rings is 1. The Morgan fingerprint density at radius 2 is 2.05 bits per heavy atom. The third kappa shape index (κ3) is 2.70. The Balaban J connectivity index is 1.71. The van der Waals surface area contributed by atoms with E-state index < -0.39 is 0 Å². The normalized spacial score (nSPS) is 33.5. The molecule has 3 rings (SSSR count). The highest BCUT2D eigenvalue weighted by Crippen LogP contribution is 2.39. The zero-order chi connectivity index (χ0) is 14.0. The highest BCUT2D eigenvalue weighted by molar-refractivity contribution is 5.27. The fourth-order valence-electron chi connectivity index (χ4n) is 4.14. The fourth-order valence-corrected chi connectivity index (χ4v) is 4.14. The third-order valence-corrected chi connectivity index (χ3v) is 5.26. The molecule has 0 radical (unpaired) electrons.